The Morgan fingerprint density at radius 2 is 1.56 bits per heavy atom. The summed E-state index contributed by atoms with van der Waals surface area (Å²) < 4.78 is 13.2. The maximum absolute atomic E-state index is 13.6. The molecule has 190 valence electrons. The van der Waals surface area contributed by atoms with Gasteiger partial charge in [-0.25, -0.2) is 4.79 Å². The Kier molecular flexibility index (Phi) is 7.42. The number of carbonyl (C=O) groups excluding carboxylic acids is 2. The van der Waals surface area contributed by atoms with Gasteiger partial charge >= 0.3 is 5.69 Å². The number of fused-ring (bicyclic) bond motifs is 1. The molecule has 2 heterocycles. The molecule has 0 spiro atoms. The van der Waals surface area contributed by atoms with E-state index in [1.54, 1.807) is 42.3 Å². The third kappa shape index (κ3) is 4.84. The first-order valence-electron chi connectivity index (χ1n) is 11.9. The number of benzene rings is 2. The van der Waals surface area contributed by atoms with E-state index < -0.39 is 11.2 Å². The van der Waals surface area contributed by atoms with Crippen molar-refractivity contribution in [2.75, 3.05) is 34.4 Å². The lowest BCUT2D eigenvalue weighted by atomic mass is 10.1. The van der Waals surface area contributed by atoms with Crippen molar-refractivity contribution in [3.8, 4) is 11.5 Å². The van der Waals surface area contributed by atoms with Gasteiger partial charge in [-0.2, -0.15) is 0 Å². The summed E-state index contributed by atoms with van der Waals surface area (Å²) >= 11 is 0. The van der Waals surface area contributed by atoms with Crippen molar-refractivity contribution in [1.29, 1.82) is 0 Å². The maximum Gasteiger partial charge on any atom is 0.332 e. The molecule has 1 fully saturated rings. The molecule has 1 aliphatic heterocycles. The number of nitrogens with one attached hydrogen (secondary N) is 1. The van der Waals surface area contributed by atoms with Gasteiger partial charge in [-0.15, -0.1) is 0 Å². The Hall–Kier alpha value is -4.08. The van der Waals surface area contributed by atoms with Crippen molar-refractivity contribution < 1.29 is 19.1 Å². The van der Waals surface area contributed by atoms with E-state index in [-0.39, 0.29) is 30.3 Å². The largest absolute Gasteiger partial charge is 0.493 e. The van der Waals surface area contributed by atoms with Crippen LogP contribution in [0.25, 0.3) is 10.9 Å². The molecule has 3 aromatic rings. The molecule has 1 N–H and O–H groups in total. The van der Waals surface area contributed by atoms with Crippen LogP contribution < -0.4 is 26.0 Å². The van der Waals surface area contributed by atoms with E-state index in [1.807, 2.05) is 0 Å². The van der Waals surface area contributed by atoms with Crippen LogP contribution >= 0.6 is 0 Å². The SMILES string of the molecule is CNC(=O)c1ccc(Cn2c(=O)c3cc(OC)c(OC)cc3n(CC(=O)N3CCCCC3)c2=O)cc1. The van der Waals surface area contributed by atoms with Crippen LogP contribution in [0.1, 0.15) is 35.2 Å². The van der Waals surface area contributed by atoms with Crippen LogP contribution in [0.15, 0.2) is 46.0 Å². The number of piperidine rings is 1. The summed E-state index contributed by atoms with van der Waals surface area (Å²) in [5.74, 6) is 0.290. The minimum atomic E-state index is -0.597. The highest BCUT2D eigenvalue weighted by atomic mass is 16.5. The van der Waals surface area contributed by atoms with E-state index in [2.05, 4.69) is 5.32 Å². The van der Waals surface area contributed by atoms with Crippen molar-refractivity contribution in [1.82, 2.24) is 19.4 Å². The van der Waals surface area contributed by atoms with Crippen molar-refractivity contribution in [2.24, 2.45) is 0 Å². The number of hydrogen-bond donors (Lipinski definition) is 1. The molecule has 0 atom stereocenters. The van der Waals surface area contributed by atoms with Gasteiger partial charge < -0.3 is 19.7 Å². The number of hydrogen-bond acceptors (Lipinski definition) is 6. The number of ether oxygens (including phenoxy) is 2. The van der Waals surface area contributed by atoms with Crippen LogP contribution in [-0.2, 0) is 17.9 Å². The summed E-state index contributed by atoms with van der Waals surface area (Å²) in [4.78, 5) is 53.8. The second kappa shape index (κ2) is 10.7. The molecule has 1 aliphatic rings. The molecule has 2 amide bonds. The van der Waals surface area contributed by atoms with Crippen LogP contribution in [0.5, 0.6) is 11.5 Å². The number of methoxy groups -OCH3 is 2. The fraction of sp³-hybridized carbons (Fsp3) is 0.385. The van der Waals surface area contributed by atoms with Crippen molar-refractivity contribution in [3.63, 3.8) is 0 Å². The van der Waals surface area contributed by atoms with E-state index in [9.17, 15) is 19.2 Å². The first-order chi connectivity index (χ1) is 17.4. The van der Waals surface area contributed by atoms with Crippen LogP contribution in [0.4, 0.5) is 0 Å². The van der Waals surface area contributed by atoms with Crippen molar-refractivity contribution in [3.05, 3.63) is 68.4 Å². The van der Waals surface area contributed by atoms with E-state index in [1.165, 1.54) is 24.9 Å². The van der Waals surface area contributed by atoms with Crippen LogP contribution in [0, 0.1) is 0 Å². The number of likely N-dealkylation sites (tertiary alicyclic amines) is 1. The fourth-order valence-corrected chi connectivity index (χ4v) is 4.50. The minimum Gasteiger partial charge on any atom is -0.493 e. The first-order valence-corrected chi connectivity index (χ1v) is 11.9. The van der Waals surface area contributed by atoms with E-state index in [0.29, 0.717) is 41.2 Å². The van der Waals surface area contributed by atoms with Crippen molar-refractivity contribution in [2.45, 2.75) is 32.4 Å². The normalized spacial score (nSPS) is 13.5. The van der Waals surface area contributed by atoms with Gasteiger partial charge in [0.25, 0.3) is 11.5 Å². The Morgan fingerprint density at radius 3 is 2.17 bits per heavy atom. The average Bonchev–Trinajstić information content (AvgIpc) is 2.92. The number of rotatable bonds is 7. The van der Waals surface area contributed by atoms with Gasteiger partial charge in [-0.05, 0) is 43.0 Å². The van der Waals surface area contributed by atoms with Gasteiger partial charge in [-0.3, -0.25) is 23.5 Å². The molecule has 0 radical (unpaired) electrons. The molecule has 10 heteroatoms. The average molecular weight is 495 g/mol. The zero-order valence-electron chi connectivity index (χ0n) is 20.7. The summed E-state index contributed by atoms with van der Waals surface area (Å²) in [7, 11) is 4.47. The third-order valence-electron chi connectivity index (χ3n) is 6.52. The Morgan fingerprint density at radius 1 is 0.917 bits per heavy atom. The van der Waals surface area contributed by atoms with Gasteiger partial charge in [0.15, 0.2) is 11.5 Å². The Labute approximate surface area is 208 Å². The molecular formula is C26H30N4O6. The van der Waals surface area contributed by atoms with Crippen LogP contribution in [-0.4, -0.2) is 60.2 Å². The van der Waals surface area contributed by atoms with Gasteiger partial charge in [0.2, 0.25) is 5.91 Å². The van der Waals surface area contributed by atoms with E-state index in [4.69, 9.17) is 9.47 Å². The maximum atomic E-state index is 13.6. The number of nitrogens with zero attached hydrogens (tertiary/aromatic N) is 3. The number of amides is 2. The summed E-state index contributed by atoms with van der Waals surface area (Å²) in [5, 5.41) is 2.79. The summed E-state index contributed by atoms with van der Waals surface area (Å²) in [6.07, 6.45) is 2.93. The molecule has 1 saturated heterocycles. The van der Waals surface area contributed by atoms with Crippen LogP contribution in [0.2, 0.25) is 0 Å². The highest BCUT2D eigenvalue weighted by molar-refractivity contribution is 5.94. The zero-order valence-corrected chi connectivity index (χ0v) is 20.7. The molecule has 0 unspecified atom stereocenters. The molecular weight excluding hydrogens is 464 g/mol. The minimum absolute atomic E-state index is 0.0200. The Bertz CT molecular complexity index is 1400. The summed E-state index contributed by atoms with van der Waals surface area (Å²) in [6.45, 7) is 1.09. The monoisotopic (exact) mass is 494 g/mol. The quantitative estimate of drug-likeness (QED) is 0.534. The molecule has 36 heavy (non-hydrogen) atoms. The zero-order chi connectivity index (χ0) is 25.8. The molecule has 1 aromatic heterocycles. The lowest BCUT2D eigenvalue weighted by molar-refractivity contribution is -0.132. The topological polar surface area (TPSA) is 112 Å². The molecule has 0 bridgehead atoms. The third-order valence-corrected chi connectivity index (χ3v) is 6.52. The second-order valence-electron chi connectivity index (χ2n) is 8.70. The molecule has 0 saturated carbocycles. The number of aromatic nitrogens is 2. The van der Waals surface area contributed by atoms with Crippen LogP contribution in [0.3, 0.4) is 0 Å². The molecule has 0 aliphatic carbocycles. The first kappa shape index (κ1) is 25.0. The van der Waals surface area contributed by atoms with Gasteiger partial charge in [0, 0.05) is 31.8 Å². The smallest absolute Gasteiger partial charge is 0.332 e. The molecule has 10 nitrogen and oxygen atoms in total. The summed E-state index contributed by atoms with van der Waals surface area (Å²) in [6, 6.07) is 9.74. The van der Waals surface area contributed by atoms with Gasteiger partial charge in [-0.1, -0.05) is 12.1 Å². The van der Waals surface area contributed by atoms with Gasteiger partial charge in [0.1, 0.15) is 6.54 Å². The highest BCUT2D eigenvalue weighted by Crippen LogP contribution is 2.30. The number of carbonyl (C=O) groups is 2. The van der Waals surface area contributed by atoms with E-state index >= 15 is 0 Å². The Balaban J connectivity index is 1.83. The predicted molar refractivity (Wildman–Crippen MR) is 135 cm³/mol. The summed E-state index contributed by atoms with van der Waals surface area (Å²) in [5.41, 5.74) is 0.330. The fourth-order valence-electron chi connectivity index (χ4n) is 4.50. The lowest BCUT2D eigenvalue weighted by Crippen LogP contribution is -2.44. The highest BCUT2D eigenvalue weighted by Gasteiger charge is 2.22. The second-order valence-corrected chi connectivity index (χ2v) is 8.70. The van der Waals surface area contributed by atoms with Gasteiger partial charge in [0.05, 0.1) is 31.7 Å². The standard InChI is InChI=1S/C26H30N4O6/c1-27-24(32)18-9-7-17(8-10-18)15-30-25(33)19-13-21(35-2)22(36-3)14-20(19)29(26(30)34)16-23(31)28-11-5-4-6-12-28/h7-10,13-14H,4-6,11-12,15-16H2,1-3H3,(H,27,32). The lowest BCUT2D eigenvalue weighted by Gasteiger charge is -2.27. The van der Waals surface area contributed by atoms with E-state index in [0.717, 1.165) is 23.8 Å². The molecule has 4 rings (SSSR count). The van der Waals surface area contributed by atoms with Crippen molar-refractivity contribution >= 4 is 22.7 Å². The molecule has 2 aromatic carbocycles. The predicted octanol–water partition coefficient (Wildman–Crippen LogP) is 1.60.